The van der Waals surface area contributed by atoms with Crippen molar-refractivity contribution in [1.82, 2.24) is 19.3 Å². The fourth-order valence-electron chi connectivity index (χ4n) is 4.95. The van der Waals surface area contributed by atoms with Gasteiger partial charge in [-0.25, -0.2) is 13.1 Å². The Hall–Kier alpha value is -3.32. The van der Waals surface area contributed by atoms with Gasteiger partial charge in [0.2, 0.25) is 10.0 Å². The summed E-state index contributed by atoms with van der Waals surface area (Å²) in [4.78, 5) is 12.5. The van der Waals surface area contributed by atoms with E-state index in [1.54, 1.807) is 49.0 Å². The lowest BCUT2D eigenvalue weighted by molar-refractivity contribution is -0.158. The summed E-state index contributed by atoms with van der Waals surface area (Å²) in [5, 5.41) is 18.4. The van der Waals surface area contributed by atoms with E-state index in [9.17, 15) is 18.3 Å². The molecule has 3 heterocycles. The Morgan fingerprint density at radius 2 is 1.98 bits per heavy atom. The molecular formula is C29H36N4O7S. The molecule has 220 valence electrons. The molecule has 1 fully saturated rings. The highest BCUT2D eigenvalue weighted by Gasteiger charge is 2.40. The summed E-state index contributed by atoms with van der Waals surface area (Å²) >= 11 is 0. The van der Waals surface area contributed by atoms with Crippen molar-refractivity contribution in [1.29, 1.82) is 0 Å². The maximum absolute atomic E-state index is 13.7. The first-order valence-electron chi connectivity index (χ1n) is 13.7. The number of rotatable bonds is 10. The van der Waals surface area contributed by atoms with Gasteiger partial charge in [0.15, 0.2) is 0 Å². The SMILES string of the molecule is CC[C@@H]1CN(Cc2cc([C@H](OCc3cn(C4COC4)nn3)C(C)(C)C(=O)O)ccc2C)S(=O)(=O)c2ccccc2O1. The Balaban J connectivity index is 1.44. The largest absolute Gasteiger partial charge is 0.488 e. The third kappa shape index (κ3) is 5.87. The zero-order valence-electron chi connectivity index (χ0n) is 23.7. The Kier molecular flexibility index (Phi) is 8.20. The first kappa shape index (κ1) is 29.2. The molecule has 3 aromatic rings. The first-order valence-corrected chi connectivity index (χ1v) is 15.1. The van der Waals surface area contributed by atoms with Crippen LogP contribution in [-0.4, -0.2) is 64.7 Å². The van der Waals surface area contributed by atoms with Gasteiger partial charge in [-0.05, 0) is 56.0 Å². The van der Waals surface area contributed by atoms with Crippen molar-refractivity contribution in [3.63, 3.8) is 0 Å². The second kappa shape index (κ2) is 11.5. The van der Waals surface area contributed by atoms with Crippen LogP contribution in [0.3, 0.4) is 0 Å². The van der Waals surface area contributed by atoms with Crippen LogP contribution in [-0.2, 0) is 37.4 Å². The zero-order chi connectivity index (χ0) is 29.4. The van der Waals surface area contributed by atoms with Gasteiger partial charge in [-0.15, -0.1) is 5.10 Å². The lowest BCUT2D eigenvalue weighted by Crippen LogP contribution is -2.36. The maximum Gasteiger partial charge on any atom is 0.312 e. The summed E-state index contributed by atoms with van der Waals surface area (Å²) in [5.74, 6) is -0.666. The number of nitrogens with zero attached hydrogens (tertiary/aromatic N) is 4. The van der Waals surface area contributed by atoms with Crippen LogP contribution in [0.25, 0.3) is 0 Å². The molecule has 0 aliphatic carbocycles. The summed E-state index contributed by atoms with van der Waals surface area (Å²) in [6, 6.07) is 12.4. The number of aromatic nitrogens is 3. The van der Waals surface area contributed by atoms with E-state index in [2.05, 4.69) is 10.3 Å². The van der Waals surface area contributed by atoms with Gasteiger partial charge in [0.05, 0.1) is 44.1 Å². The summed E-state index contributed by atoms with van der Waals surface area (Å²) in [6.45, 7) is 8.61. The van der Waals surface area contributed by atoms with E-state index in [0.29, 0.717) is 36.6 Å². The molecule has 2 aromatic carbocycles. The van der Waals surface area contributed by atoms with Crippen molar-refractivity contribution in [2.75, 3.05) is 19.8 Å². The first-order chi connectivity index (χ1) is 19.5. The van der Waals surface area contributed by atoms with E-state index < -0.39 is 27.5 Å². The second-order valence-electron chi connectivity index (χ2n) is 11.2. The molecule has 0 bridgehead atoms. The molecule has 2 aliphatic rings. The van der Waals surface area contributed by atoms with Crippen LogP contribution in [0, 0.1) is 12.3 Å². The van der Waals surface area contributed by atoms with Gasteiger partial charge in [0, 0.05) is 6.54 Å². The minimum Gasteiger partial charge on any atom is -0.488 e. The number of para-hydroxylation sites is 1. The molecule has 2 atom stereocenters. The number of benzene rings is 2. The number of carboxylic acids is 1. The highest BCUT2D eigenvalue weighted by atomic mass is 32.2. The van der Waals surface area contributed by atoms with Crippen molar-refractivity contribution in [3.05, 3.63) is 71.0 Å². The molecular weight excluding hydrogens is 548 g/mol. The van der Waals surface area contributed by atoms with Gasteiger partial charge in [-0.1, -0.05) is 42.5 Å². The van der Waals surface area contributed by atoms with Gasteiger partial charge in [0.25, 0.3) is 0 Å². The van der Waals surface area contributed by atoms with Gasteiger partial charge in [0.1, 0.15) is 28.5 Å². The fourth-order valence-corrected chi connectivity index (χ4v) is 6.53. The van der Waals surface area contributed by atoms with Crippen LogP contribution in [0.5, 0.6) is 5.75 Å². The van der Waals surface area contributed by atoms with E-state index >= 15 is 0 Å². The van der Waals surface area contributed by atoms with Gasteiger partial charge < -0.3 is 19.3 Å². The lowest BCUT2D eigenvalue weighted by atomic mass is 9.81. The minimum atomic E-state index is -3.84. The normalized spacial score (nSPS) is 20.0. The van der Waals surface area contributed by atoms with Crippen molar-refractivity contribution in [3.8, 4) is 5.75 Å². The Labute approximate surface area is 240 Å². The van der Waals surface area contributed by atoms with E-state index in [1.807, 2.05) is 32.0 Å². The van der Waals surface area contributed by atoms with Gasteiger partial charge in [-0.3, -0.25) is 4.79 Å². The van der Waals surface area contributed by atoms with Crippen molar-refractivity contribution in [2.45, 2.75) is 70.4 Å². The number of fused-ring (bicyclic) bond motifs is 1. The van der Waals surface area contributed by atoms with Crippen molar-refractivity contribution < 1.29 is 32.5 Å². The van der Waals surface area contributed by atoms with Crippen LogP contribution < -0.4 is 4.74 Å². The number of carboxylic acid groups (broad SMARTS) is 1. The second-order valence-corrected chi connectivity index (χ2v) is 13.1. The summed E-state index contributed by atoms with van der Waals surface area (Å²) in [6.07, 6.45) is 1.27. The van der Waals surface area contributed by atoms with Gasteiger partial charge >= 0.3 is 5.97 Å². The Morgan fingerprint density at radius 3 is 2.66 bits per heavy atom. The molecule has 0 amide bonds. The topological polar surface area (TPSA) is 133 Å². The van der Waals surface area contributed by atoms with Gasteiger partial charge in [-0.2, -0.15) is 4.31 Å². The molecule has 2 aliphatic heterocycles. The third-order valence-electron chi connectivity index (χ3n) is 7.80. The van der Waals surface area contributed by atoms with E-state index in [0.717, 1.165) is 11.1 Å². The maximum atomic E-state index is 13.7. The molecule has 0 unspecified atom stereocenters. The zero-order valence-corrected chi connectivity index (χ0v) is 24.5. The fraction of sp³-hybridized carbons (Fsp3) is 0.483. The Morgan fingerprint density at radius 1 is 1.22 bits per heavy atom. The summed E-state index contributed by atoms with van der Waals surface area (Å²) < 4.78 is 48.1. The lowest BCUT2D eigenvalue weighted by Gasteiger charge is -2.31. The molecule has 0 radical (unpaired) electrons. The smallest absolute Gasteiger partial charge is 0.312 e. The molecule has 0 saturated carbocycles. The molecule has 1 N–H and O–H groups in total. The number of aliphatic carboxylic acids is 1. The van der Waals surface area contributed by atoms with Crippen LogP contribution in [0.1, 0.15) is 61.7 Å². The molecule has 5 rings (SSSR count). The van der Waals surface area contributed by atoms with Crippen molar-refractivity contribution >= 4 is 16.0 Å². The number of aryl methyl sites for hydroxylation is 1. The number of ether oxygens (including phenoxy) is 3. The highest BCUT2D eigenvalue weighted by molar-refractivity contribution is 7.89. The van der Waals surface area contributed by atoms with Crippen LogP contribution in [0.2, 0.25) is 0 Å². The molecule has 1 aromatic heterocycles. The van der Waals surface area contributed by atoms with E-state index in [-0.39, 0.29) is 36.7 Å². The van der Waals surface area contributed by atoms with Crippen LogP contribution >= 0.6 is 0 Å². The molecule has 41 heavy (non-hydrogen) atoms. The average Bonchev–Trinajstić information content (AvgIpc) is 3.32. The average molecular weight is 585 g/mol. The van der Waals surface area contributed by atoms with Crippen LogP contribution in [0.4, 0.5) is 0 Å². The molecule has 1 saturated heterocycles. The predicted molar refractivity (Wildman–Crippen MR) is 149 cm³/mol. The summed E-state index contributed by atoms with van der Waals surface area (Å²) in [7, 11) is -3.84. The monoisotopic (exact) mass is 584 g/mol. The molecule has 11 nitrogen and oxygen atoms in total. The van der Waals surface area contributed by atoms with Crippen molar-refractivity contribution in [2.24, 2.45) is 5.41 Å². The standard InChI is InChI=1S/C29H36N4O7S/c1-5-24-15-32(41(36,37)26-9-7-6-8-25(26)40-24)13-21-12-20(11-10-19(21)2)27(29(3,4)28(34)35)39-16-22-14-33(31-30-22)23-17-38-18-23/h6-12,14,23-24,27H,5,13,15-18H2,1-4H3,(H,34,35)/t24-,27+/m1/s1. The minimum absolute atomic E-state index is 0.0605. The number of hydrogen-bond donors (Lipinski definition) is 1. The molecule has 12 heteroatoms. The van der Waals surface area contributed by atoms with E-state index in [1.165, 1.54) is 4.31 Å². The number of carbonyl (C=O) groups is 1. The summed E-state index contributed by atoms with van der Waals surface area (Å²) in [5.41, 5.74) is 1.56. The van der Waals surface area contributed by atoms with E-state index in [4.69, 9.17) is 14.2 Å². The quantitative estimate of drug-likeness (QED) is 0.377. The highest BCUT2D eigenvalue weighted by Crippen LogP contribution is 2.39. The predicted octanol–water partition coefficient (Wildman–Crippen LogP) is 3.89. The third-order valence-corrected chi connectivity index (χ3v) is 9.65. The number of sulfonamides is 1. The Bertz CT molecular complexity index is 1520. The molecule has 0 spiro atoms. The number of hydrogen-bond acceptors (Lipinski definition) is 8. The van der Waals surface area contributed by atoms with Crippen LogP contribution in [0.15, 0.2) is 53.6 Å².